The van der Waals surface area contributed by atoms with E-state index < -0.39 is 0 Å². The average molecular weight is 143 g/mol. The fourth-order valence-electron chi connectivity index (χ4n) is 0.960. The third kappa shape index (κ3) is 1.88. The van der Waals surface area contributed by atoms with E-state index >= 15 is 0 Å². The van der Waals surface area contributed by atoms with E-state index in [0.717, 1.165) is 13.0 Å². The standard InChI is InChI=1S/C6H13N3O/c1-2-3-9-4-7-6(10)8-5-9/h2-5H2,1H3,(H2,7,8,10). The molecule has 0 aliphatic carbocycles. The predicted octanol–water partition coefficient (Wildman–Crippen LogP) is -0.0738. The van der Waals surface area contributed by atoms with E-state index in [0.29, 0.717) is 13.3 Å². The van der Waals surface area contributed by atoms with E-state index in [2.05, 4.69) is 22.5 Å². The first-order valence-electron chi connectivity index (χ1n) is 3.57. The molecule has 4 nitrogen and oxygen atoms in total. The van der Waals surface area contributed by atoms with E-state index in [9.17, 15) is 4.79 Å². The summed E-state index contributed by atoms with van der Waals surface area (Å²) >= 11 is 0. The van der Waals surface area contributed by atoms with Gasteiger partial charge in [-0.15, -0.1) is 0 Å². The molecule has 1 aliphatic rings. The van der Waals surface area contributed by atoms with Gasteiger partial charge in [0.2, 0.25) is 0 Å². The van der Waals surface area contributed by atoms with Crippen molar-refractivity contribution in [3.63, 3.8) is 0 Å². The maximum atomic E-state index is 10.6. The highest BCUT2D eigenvalue weighted by Crippen LogP contribution is 1.90. The quantitative estimate of drug-likeness (QED) is 0.568. The van der Waals surface area contributed by atoms with Crippen molar-refractivity contribution in [2.75, 3.05) is 19.9 Å². The molecule has 0 atom stereocenters. The zero-order valence-corrected chi connectivity index (χ0v) is 6.18. The third-order valence-electron chi connectivity index (χ3n) is 1.47. The molecule has 4 heteroatoms. The Morgan fingerprint density at radius 3 is 2.60 bits per heavy atom. The van der Waals surface area contributed by atoms with E-state index in [1.807, 2.05) is 0 Å². The van der Waals surface area contributed by atoms with Crippen LogP contribution >= 0.6 is 0 Å². The van der Waals surface area contributed by atoms with Gasteiger partial charge in [-0.25, -0.2) is 4.79 Å². The van der Waals surface area contributed by atoms with Crippen LogP contribution in [0.5, 0.6) is 0 Å². The first-order chi connectivity index (χ1) is 4.83. The number of carbonyl (C=O) groups excluding carboxylic acids is 1. The summed E-state index contributed by atoms with van der Waals surface area (Å²) in [4.78, 5) is 12.7. The van der Waals surface area contributed by atoms with Crippen molar-refractivity contribution in [2.45, 2.75) is 13.3 Å². The molecule has 0 spiro atoms. The molecule has 2 N–H and O–H groups in total. The van der Waals surface area contributed by atoms with Gasteiger partial charge in [0.05, 0.1) is 13.3 Å². The summed E-state index contributed by atoms with van der Waals surface area (Å²) in [5.41, 5.74) is 0. The number of hydrogen-bond donors (Lipinski definition) is 2. The zero-order chi connectivity index (χ0) is 7.40. The molecule has 0 aromatic carbocycles. The molecule has 10 heavy (non-hydrogen) atoms. The molecule has 0 aromatic rings. The lowest BCUT2D eigenvalue weighted by atomic mass is 10.4. The number of rotatable bonds is 2. The Labute approximate surface area is 60.6 Å². The van der Waals surface area contributed by atoms with Crippen molar-refractivity contribution in [2.24, 2.45) is 0 Å². The van der Waals surface area contributed by atoms with E-state index in [-0.39, 0.29) is 6.03 Å². The van der Waals surface area contributed by atoms with Crippen LogP contribution in [-0.4, -0.2) is 30.8 Å². The zero-order valence-electron chi connectivity index (χ0n) is 6.18. The summed E-state index contributed by atoms with van der Waals surface area (Å²) in [5, 5.41) is 5.39. The summed E-state index contributed by atoms with van der Waals surface area (Å²) in [5.74, 6) is 0. The SMILES string of the molecule is CCCN1CNC(=O)NC1. The molecular formula is C6H13N3O. The Morgan fingerprint density at radius 2 is 2.10 bits per heavy atom. The summed E-state index contributed by atoms with van der Waals surface area (Å²) in [6, 6.07) is -0.0626. The Balaban J connectivity index is 2.19. The maximum absolute atomic E-state index is 10.6. The van der Waals surface area contributed by atoms with Gasteiger partial charge in [-0.1, -0.05) is 6.92 Å². The minimum Gasteiger partial charge on any atom is -0.325 e. The number of nitrogens with zero attached hydrogens (tertiary/aromatic N) is 1. The normalized spacial score (nSPS) is 19.9. The lowest BCUT2D eigenvalue weighted by Gasteiger charge is -2.27. The van der Waals surface area contributed by atoms with E-state index in [4.69, 9.17) is 0 Å². The molecule has 0 saturated carbocycles. The number of hydrogen-bond acceptors (Lipinski definition) is 2. The number of urea groups is 1. The fourth-order valence-corrected chi connectivity index (χ4v) is 0.960. The first kappa shape index (κ1) is 7.34. The Morgan fingerprint density at radius 1 is 1.50 bits per heavy atom. The highest BCUT2D eigenvalue weighted by molar-refractivity contribution is 5.74. The van der Waals surface area contributed by atoms with Crippen LogP contribution in [0.3, 0.4) is 0 Å². The third-order valence-corrected chi connectivity index (χ3v) is 1.47. The van der Waals surface area contributed by atoms with Crippen LogP contribution in [0, 0.1) is 0 Å². The predicted molar refractivity (Wildman–Crippen MR) is 38.4 cm³/mol. The molecule has 1 fully saturated rings. The summed E-state index contributed by atoms with van der Waals surface area (Å²) in [6.45, 7) is 4.52. The van der Waals surface area contributed by atoms with Crippen LogP contribution in [0.2, 0.25) is 0 Å². The van der Waals surface area contributed by atoms with Gasteiger partial charge >= 0.3 is 6.03 Å². The second-order valence-electron chi connectivity index (χ2n) is 2.39. The van der Waals surface area contributed by atoms with Gasteiger partial charge in [0.1, 0.15) is 0 Å². The van der Waals surface area contributed by atoms with Crippen molar-refractivity contribution < 1.29 is 4.79 Å². The molecular weight excluding hydrogens is 130 g/mol. The molecule has 0 unspecified atom stereocenters. The second kappa shape index (κ2) is 3.41. The highest BCUT2D eigenvalue weighted by Gasteiger charge is 2.11. The van der Waals surface area contributed by atoms with Gasteiger partial charge in [-0.05, 0) is 6.42 Å². The van der Waals surface area contributed by atoms with Crippen LogP contribution in [-0.2, 0) is 0 Å². The van der Waals surface area contributed by atoms with Crippen molar-refractivity contribution in [3.8, 4) is 0 Å². The van der Waals surface area contributed by atoms with E-state index in [1.54, 1.807) is 0 Å². The molecule has 1 heterocycles. The Bertz CT molecular complexity index is 116. The smallest absolute Gasteiger partial charge is 0.316 e. The van der Waals surface area contributed by atoms with E-state index in [1.165, 1.54) is 0 Å². The molecule has 0 bridgehead atoms. The molecule has 1 rings (SSSR count). The number of carbonyl (C=O) groups is 1. The molecule has 0 aromatic heterocycles. The average Bonchev–Trinajstić information content (AvgIpc) is 1.95. The van der Waals surface area contributed by atoms with Crippen LogP contribution in [0.4, 0.5) is 4.79 Å². The van der Waals surface area contributed by atoms with Crippen LogP contribution in [0.1, 0.15) is 13.3 Å². The molecule has 2 amide bonds. The van der Waals surface area contributed by atoms with Crippen LogP contribution < -0.4 is 10.6 Å². The fraction of sp³-hybridized carbons (Fsp3) is 0.833. The summed E-state index contributed by atoms with van der Waals surface area (Å²) in [7, 11) is 0. The lowest BCUT2D eigenvalue weighted by Crippen LogP contribution is -2.53. The van der Waals surface area contributed by atoms with Crippen molar-refractivity contribution >= 4 is 6.03 Å². The molecule has 58 valence electrons. The summed E-state index contributed by atoms with van der Waals surface area (Å²) < 4.78 is 0. The molecule has 1 aliphatic heterocycles. The van der Waals surface area contributed by atoms with Crippen molar-refractivity contribution in [1.29, 1.82) is 0 Å². The number of amides is 2. The summed E-state index contributed by atoms with van der Waals surface area (Å²) in [6.07, 6.45) is 1.12. The minimum atomic E-state index is -0.0626. The molecule has 0 radical (unpaired) electrons. The second-order valence-corrected chi connectivity index (χ2v) is 2.39. The van der Waals surface area contributed by atoms with Gasteiger partial charge in [-0.3, -0.25) is 4.90 Å². The lowest BCUT2D eigenvalue weighted by molar-refractivity contribution is 0.182. The van der Waals surface area contributed by atoms with Crippen LogP contribution in [0.25, 0.3) is 0 Å². The van der Waals surface area contributed by atoms with Crippen LogP contribution in [0.15, 0.2) is 0 Å². The Kier molecular flexibility index (Phi) is 2.50. The monoisotopic (exact) mass is 143 g/mol. The van der Waals surface area contributed by atoms with Crippen molar-refractivity contribution in [3.05, 3.63) is 0 Å². The topological polar surface area (TPSA) is 44.4 Å². The molecule has 1 saturated heterocycles. The van der Waals surface area contributed by atoms with Gasteiger partial charge in [0.15, 0.2) is 0 Å². The Hall–Kier alpha value is -0.770. The largest absolute Gasteiger partial charge is 0.325 e. The van der Waals surface area contributed by atoms with Gasteiger partial charge in [0, 0.05) is 6.54 Å². The highest BCUT2D eigenvalue weighted by atomic mass is 16.2. The van der Waals surface area contributed by atoms with Gasteiger partial charge in [0.25, 0.3) is 0 Å². The first-order valence-corrected chi connectivity index (χ1v) is 3.57. The maximum Gasteiger partial charge on any atom is 0.316 e. The number of nitrogens with one attached hydrogen (secondary N) is 2. The minimum absolute atomic E-state index is 0.0626. The van der Waals surface area contributed by atoms with Gasteiger partial charge in [-0.2, -0.15) is 0 Å². The van der Waals surface area contributed by atoms with Crippen molar-refractivity contribution in [1.82, 2.24) is 15.5 Å². The van der Waals surface area contributed by atoms with Gasteiger partial charge < -0.3 is 10.6 Å².